The third-order valence-corrected chi connectivity index (χ3v) is 5.82. The molecule has 3 rings (SSSR count). The zero-order valence-electron chi connectivity index (χ0n) is 15.4. The van der Waals surface area contributed by atoms with Crippen LogP contribution in [-0.4, -0.2) is 48.6 Å². The Morgan fingerprint density at radius 2 is 1.76 bits per heavy atom. The third-order valence-electron chi connectivity index (χ3n) is 4.19. The first-order valence-corrected chi connectivity index (χ1v) is 10.7. The summed E-state index contributed by atoms with van der Waals surface area (Å²) >= 11 is 0. The summed E-state index contributed by atoms with van der Waals surface area (Å²) in [5.41, 5.74) is 1.60. The Labute approximate surface area is 167 Å². The van der Waals surface area contributed by atoms with E-state index >= 15 is 0 Å². The van der Waals surface area contributed by atoms with E-state index in [1.165, 1.54) is 0 Å². The molecule has 2 aromatic carbocycles. The number of benzene rings is 2. The molecule has 3 aromatic rings. The number of para-hydroxylation sites is 2. The number of carbonyl (C=O) groups is 2. The van der Waals surface area contributed by atoms with Gasteiger partial charge in [-0.2, -0.15) is 0 Å². The van der Waals surface area contributed by atoms with E-state index < -0.39 is 34.2 Å². The number of oxazole rings is 1. The molecular weight excluding hydrogens is 396 g/mol. The number of rotatable bonds is 9. The van der Waals surface area contributed by atoms with E-state index in [1.54, 1.807) is 54.6 Å². The van der Waals surface area contributed by atoms with E-state index in [4.69, 9.17) is 4.42 Å². The Kier molecular flexibility index (Phi) is 6.40. The predicted octanol–water partition coefficient (Wildman–Crippen LogP) is 1.49. The van der Waals surface area contributed by atoms with E-state index in [1.807, 2.05) is 0 Å². The number of hydrogen-bond acceptors (Lipinski definition) is 7. The van der Waals surface area contributed by atoms with Crippen LogP contribution in [0.25, 0.3) is 11.1 Å². The van der Waals surface area contributed by atoms with Gasteiger partial charge in [0.2, 0.25) is 11.7 Å². The number of nitrogens with zero attached hydrogens (tertiary/aromatic N) is 1. The van der Waals surface area contributed by atoms with Crippen molar-refractivity contribution in [2.75, 3.05) is 12.3 Å². The minimum Gasteiger partial charge on any atom is -0.434 e. The molecule has 0 fully saturated rings. The molecule has 152 valence electrons. The van der Waals surface area contributed by atoms with Crippen molar-refractivity contribution < 1.29 is 27.5 Å². The highest BCUT2D eigenvalue weighted by Crippen LogP contribution is 2.14. The second-order valence-electron chi connectivity index (χ2n) is 6.51. The van der Waals surface area contributed by atoms with Crippen LogP contribution in [0.15, 0.2) is 59.0 Å². The average molecular weight is 416 g/mol. The van der Waals surface area contributed by atoms with Gasteiger partial charge in [-0.3, -0.25) is 9.59 Å². The Hall–Kier alpha value is -3.04. The maximum atomic E-state index is 12.1. The lowest BCUT2D eigenvalue weighted by atomic mass is 10.2. The number of fused-ring (bicyclic) bond motifs is 1. The Balaban J connectivity index is 1.48. The van der Waals surface area contributed by atoms with Gasteiger partial charge >= 0.3 is 0 Å². The second-order valence-corrected chi connectivity index (χ2v) is 8.69. The van der Waals surface area contributed by atoms with Crippen molar-refractivity contribution in [3.63, 3.8) is 0 Å². The highest BCUT2D eigenvalue weighted by molar-refractivity contribution is 7.90. The molecule has 1 aromatic heterocycles. The number of carbonyl (C=O) groups excluding carboxylic acids is 2. The number of Topliss-reactive ketones (excluding diaryl/α,β-unsaturated/α-hetero) is 1. The monoisotopic (exact) mass is 416 g/mol. The van der Waals surface area contributed by atoms with E-state index in [2.05, 4.69) is 10.3 Å². The zero-order chi connectivity index (χ0) is 20.9. The summed E-state index contributed by atoms with van der Waals surface area (Å²) < 4.78 is 29.6. The largest absolute Gasteiger partial charge is 0.434 e. The molecule has 0 aliphatic carbocycles. The minimum absolute atomic E-state index is 0.147. The number of sulfone groups is 1. The fraction of sp³-hybridized carbons (Fsp3) is 0.250. The lowest BCUT2D eigenvalue weighted by Crippen LogP contribution is -2.38. The van der Waals surface area contributed by atoms with Gasteiger partial charge in [0.1, 0.15) is 11.6 Å². The van der Waals surface area contributed by atoms with Crippen LogP contribution in [0.1, 0.15) is 22.7 Å². The van der Waals surface area contributed by atoms with Crippen molar-refractivity contribution in [3.8, 4) is 0 Å². The molecule has 0 saturated carbocycles. The summed E-state index contributed by atoms with van der Waals surface area (Å²) in [6.45, 7) is -0.417. The van der Waals surface area contributed by atoms with Crippen molar-refractivity contribution in [2.24, 2.45) is 0 Å². The number of nitrogens with one attached hydrogen (secondary N) is 1. The molecule has 2 N–H and O–H groups in total. The molecule has 0 aliphatic rings. The van der Waals surface area contributed by atoms with E-state index in [-0.39, 0.29) is 23.8 Å². The van der Waals surface area contributed by atoms with Gasteiger partial charge in [0.05, 0.1) is 18.1 Å². The van der Waals surface area contributed by atoms with Gasteiger partial charge in [-0.25, -0.2) is 13.4 Å². The molecule has 0 spiro atoms. The lowest BCUT2D eigenvalue weighted by molar-refractivity contribution is -0.129. The van der Waals surface area contributed by atoms with Crippen molar-refractivity contribution >= 4 is 32.6 Å². The molecule has 1 heterocycles. The van der Waals surface area contributed by atoms with Crippen LogP contribution in [0, 0.1) is 0 Å². The molecule has 1 atom stereocenters. The van der Waals surface area contributed by atoms with E-state index in [9.17, 15) is 23.1 Å². The Morgan fingerprint density at radius 1 is 1.07 bits per heavy atom. The molecule has 8 nitrogen and oxygen atoms in total. The van der Waals surface area contributed by atoms with Gasteiger partial charge in [0.15, 0.2) is 15.4 Å². The number of aliphatic hydroxyl groups is 1. The quantitative estimate of drug-likeness (QED) is 0.506. The first-order chi connectivity index (χ1) is 13.8. The normalized spacial score (nSPS) is 12.6. The first kappa shape index (κ1) is 20.7. The average Bonchev–Trinajstić information content (AvgIpc) is 3.15. The molecule has 0 radical (unpaired) electrons. The molecular formula is C20H20N2O6S. The number of ketones is 1. The molecule has 0 aliphatic heterocycles. The number of aromatic nitrogens is 1. The molecule has 29 heavy (non-hydrogen) atoms. The van der Waals surface area contributed by atoms with E-state index in [0.717, 1.165) is 0 Å². The zero-order valence-corrected chi connectivity index (χ0v) is 16.3. The second kappa shape index (κ2) is 8.97. The van der Waals surface area contributed by atoms with Crippen LogP contribution >= 0.6 is 0 Å². The summed E-state index contributed by atoms with van der Waals surface area (Å²) in [6, 6.07) is 15.5. The van der Waals surface area contributed by atoms with Crippen LogP contribution in [0.3, 0.4) is 0 Å². The summed E-state index contributed by atoms with van der Waals surface area (Å²) in [4.78, 5) is 28.1. The lowest BCUT2D eigenvalue weighted by Gasteiger charge is -2.11. The summed E-state index contributed by atoms with van der Waals surface area (Å²) in [6.07, 6.45) is -1.81. The standard InChI is InChI=1S/C20H20N2O6S/c23-16(10-11-29(26,27)13-14-6-2-1-3-7-14)19(25)21-12-17(24)20-22-15-8-4-5-9-18(15)28-20/h1-9,16,23H,10-13H2,(H,21,25)/t16-/m0/s1. The highest BCUT2D eigenvalue weighted by atomic mass is 32.2. The van der Waals surface area contributed by atoms with Crippen molar-refractivity contribution in [2.45, 2.75) is 18.3 Å². The minimum atomic E-state index is -3.48. The van der Waals surface area contributed by atoms with Gasteiger partial charge in [0, 0.05) is 0 Å². The summed E-state index contributed by atoms with van der Waals surface area (Å²) in [5, 5.41) is 12.2. The van der Waals surface area contributed by atoms with Gasteiger partial charge in [-0.1, -0.05) is 42.5 Å². The maximum Gasteiger partial charge on any atom is 0.266 e. The van der Waals surface area contributed by atoms with Gasteiger partial charge in [0.25, 0.3) is 5.89 Å². The fourth-order valence-electron chi connectivity index (χ4n) is 2.67. The summed E-state index contributed by atoms with van der Waals surface area (Å²) in [5.74, 6) is -2.05. The Morgan fingerprint density at radius 3 is 2.48 bits per heavy atom. The first-order valence-electron chi connectivity index (χ1n) is 8.93. The van der Waals surface area contributed by atoms with Gasteiger partial charge < -0.3 is 14.8 Å². The van der Waals surface area contributed by atoms with Crippen LogP contribution in [0.4, 0.5) is 0 Å². The van der Waals surface area contributed by atoms with Crippen LogP contribution in [0.5, 0.6) is 0 Å². The SMILES string of the molecule is O=C(CNC(=O)[C@@H](O)CCS(=O)(=O)Cc1ccccc1)c1nc2ccccc2o1. The van der Waals surface area contributed by atoms with Crippen LogP contribution in [0.2, 0.25) is 0 Å². The molecule has 9 heteroatoms. The highest BCUT2D eigenvalue weighted by Gasteiger charge is 2.22. The molecule has 0 saturated heterocycles. The van der Waals surface area contributed by atoms with Gasteiger partial charge in [-0.15, -0.1) is 0 Å². The van der Waals surface area contributed by atoms with Crippen LogP contribution < -0.4 is 5.32 Å². The third kappa shape index (κ3) is 5.72. The fourth-order valence-corrected chi connectivity index (χ4v) is 4.10. The molecule has 0 bridgehead atoms. The predicted molar refractivity (Wildman–Crippen MR) is 106 cm³/mol. The number of hydrogen-bond donors (Lipinski definition) is 2. The molecule has 0 unspecified atom stereocenters. The van der Waals surface area contributed by atoms with Crippen molar-refractivity contribution in [1.82, 2.24) is 10.3 Å². The van der Waals surface area contributed by atoms with Crippen molar-refractivity contribution in [1.29, 1.82) is 0 Å². The van der Waals surface area contributed by atoms with E-state index in [0.29, 0.717) is 16.7 Å². The van der Waals surface area contributed by atoms with Gasteiger partial charge in [-0.05, 0) is 24.1 Å². The number of aliphatic hydroxyl groups excluding tert-OH is 1. The smallest absolute Gasteiger partial charge is 0.266 e. The van der Waals surface area contributed by atoms with Crippen molar-refractivity contribution in [3.05, 3.63) is 66.1 Å². The molecule has 1 amide bonds. The van der Waals surface area contributed by atoms with Crippen LogP contribution in [-0.2, 0) is 20.4 Å². The summed E-state index contributed by atoms with van der Waals surface area (Å²) in [7, 11) is -3.48. The maximum absolute atomic E-state index is 12.1. The topological polar surface area (TPSA) is 127 Å². The Bertz CT molecular complexity index is 1080. The number of amides is 1.